The lowest BCUT2D eigenvalue weighted by Gasteiger charge is -2.10. The van der Waals surface area contributed by atoms with E-state index < -0.39 is 5.97 Å². The second-order valence-electron chi connectivity index (χ2n) is 4.53. The number of nitrogens with one attached hydrogen (secondary N) is 1. The van der Waals surface area contributed by atoms with E-state index in [4.69, 9.17) is 5.11 Å². The highest BCUT2D eigenvalue weighted by molar-refractivity contribution is 6.04. The molecule has 1 amide bonds. The first-order valence-corrected chi connectivity index (χ1v) is 6.05. The number of hydrogen-bond donors (Lipinski definition) is 2. The maximum Gasteiger partial charge on any atom is 0.336 e. The van der Waals surface area contributed by atoms with Gasteiger partial charge in [-0.2, -0.15) is 5.10 Å². The van der Waals surface area contributed by atoms with Crippen molar-refractivity contribution in [3.63, 3.8) is 0 Å². The number of aromatic nitrogens is 2. The highest BCUT2D eigenvalue weighted by Gasteiger charge is 2.15. The van der Waals surface area contributed by atoms with E-state index in [1.807, 2.05) is 0 Å². The summed E-state index contributed by atoms with van der Waals surface area (Å²) in [5.74, 6) is -1.34. The first kappa shape index (κ1) is 13.8. The third-order valence-electron chi connectivity index (χ3n) is 3.05. The number of carboxylic acid groups (broad SMARTS) is 1. The van der Waals surface area contributed by atoms with Crippen LogP contribution in [0.15, 0.2) is 24.3 Å². The Labute approximate surface area is 116 Å². The van der Waals surface area contributed by atoms with Crippen LogP contribution >= 0.6 is 0 Å². The van der Waals surface area contributed by atoms with E-state index in [9.17, 15) is 9.59 Å². The Kier molecular flexibility index (Phi) is 3.56. The van der Waals surface area contributed by atoms with Gasteiger partial charge in [-0.3, -0.25) is 9.48 Å². The molecule has 0 unspecified atom stereocenters. The van der Waals surface area contributed by atoms with Gasteiger partial charge in [-0.05, 0) is 37.6 Å². The fourth-order valence-corrected chi connectivity index (χ4v) is 2.01. The van der Waals surface area contributed by atoms with E-state index >= 15 is 0 Å². The van der Waals surface area contributed by atoms with Crippen molar-refractivity contribution >= 4 is 17.6 Å². The zero-order valence-electron chi connectivity index (χ0n) is 11.5. The predicted octanol–water partition coefficient (Wildman–Crippen LogP) is 1.99. The molecule has 2 rings (SSSR count). The standard InChI is InChI=1S/C14H15N3O3/c1-8-7-12(17(3)16-8)13(18)15-11-6-4-5-10(9(11)2)14(19)20/h4-7H,1-3H3,(H,15,18)(H,19,20). The summed E-state index contributed by atoms with van der Waals surface area (Å²) in [5.41, 5.74) is 2.33. The van der Waals surface area contributed by atoms with E-state index in [0.717, 1.165) is 5.69 Å². The summed E-state index contributed by atoms with van der Waals surface area (Å²) in [6.45, 7) is 3.46. The van der Waals surface area contributed by atoms with Gasteiger partial charge in [0, 0.05) is 12.7 Å². The summed E-state index contributed by atoms with van der Waals surface area (Å²) in [5, 5.41) is 15.9. The number of rotatable bonds is 3. The molecule has 0 radical (unpaired) electrons. The normalized spacial score (nSPS) is 10.3. The number of nitrogens with zero attached hydrogens (tertiary/aromatic N) is 2. The summed E-state index contributed by atoms with van der Waals surface area (Å²) in [6, 6.07) is 6.44. The van der Waals surface area contributed by atoms with Crippen LogP contribution in [0.4, 0.5) is 5.69 Å². The quantitative estimate of drug-likeness (QED) is 0.895. The zero-order chi connectivity index (χ0) is 14.9. The molecule has 2 aromatic rings. The molecule has 0 fully saturated rings. The van der Waals surface area contributed by atoms with E-state index in [1.54, 1.807) is 39.1 Å². The molecule has 0 saturated carbocycles. The fourth-order valence-electron chi connectivity index (χ4n) is 2.01. The average molecular weight is 273 g/mol. The van der Waals surface area contributed by atoms with Crippen LogP contribution in [-0.4, -0.2) is 26.8 Å². The summed E-state index contributed by atoms with van der Waals surface area (Å²) < 4.78 is 1.49. The maximum atomic E-state index is 12.2. The Morgan fingerprint density at radius 3 is 2.55 bits per heavy atom. The number of amides is 1. The molecule has 104 valence electrons. The number of aromatic carboxylic acids is 1. The number of carbonyl (C=O) groups is 2. The molecule has 20 heavy (non-hydrogen) atoms. The first-order chi connectivity index (χ1) is 9.40. The first-order valence-electron chi connectivity index (χ1n) is 6.05. The third-order valence-corrected chi connectivity index (χ3v) is 3.05. The molecular weight excluding hydrogens is 258 g/mol. The van der Waals surface area contributed by atoms with Gasteiger partial charge in [0.15, 0.2) is 0 Å². The van der Waals surface area contributed by atoms with Crippen LogP contribution in [0.5, 0.6) is 0 Å². The number of aryl methyl sites for hydroxylation is 2. The minimum absolute atomic E-state index is 0.170. The van der Waals surface area contributed by atoms with E-state index in [-0.39, 0.29) is 11.5 Å². The van der Waals surface area contributed by atoms with Gasteiger partial charge in [0.05, 0.1) is 11.3 Å². The van der Waals surface area contributed by atoms with E-state index in [1.165, 1.54) is 10.7 Å². The Hall–Kier alpha value is -2.63. The SMILES string of the molecule is Cc1cc(C(=O)Nc2cccc(C(=O)O)c2C)n(C)n1. The molecule has 1 heterocycles. The fraction of sp³-hybridized carbons (Fsp3) is 0.214. The number of benzene rings is 1. The minimum atomic E-state index is -1.02. The summed E-state index contributed by atoms with van der Waals surface area (Å²) in [6.07, 6.45) is 0. The Balaban J connectivity index is 2.31. The second-order valence-corrected chi connectivity index (χ2v) is 4.53. The molecule has 0 aliphatic carbocycles. The summed E-state index contributed by atoms with van der Waals surface area (Å²) in [4.78, 5) is 23.2. The predicted molar refractivity (Wildman–Crippen MR) is 74.0 cm³/mol. The average Bonchev–Trinajstić information content (AvgIpc) is 2.70. The zero-order valence-corrected chi connectivity index (χ0v) is 11.5. The molecule has 0 aliphatic rings. The van der Waals surface area contributed by atoms with Gasteiger partial charge in [-0.25, -0.2) is 4.79 Å². The monoisotopic (exact) mass is 273 g/mol. The third kappa shape index (κ3) is 2.54. The van der Waals surface area contributed by atoms with E-state index in [0.29, 0.717) is 16.9 Å². The number of carbonyl (C=O) groups excluding carboxylic acids is 1. The second kappa shape index (κ2) is 5.16. The summed E-state index contributed by atoms with van der Waals surface area (Å²) in [7, 11) is 1.68. The summed E-state index contributed by atoms with van der Waals surface area (Å²) >= 11 is 0. The van der Waals surface area contributed by atoms with Crippen LogP contribution < -0.4 is 5.32 Å². The van der Waals surface area contributed by atoms with Gasteiger partial charge in [-0.1, -0.05) is 6.07 Å². The van der Waals surface area contributed by atoms with Crippen LogP contribution in [0.1, 0.15) is 32.1 Å². The Morgan fingerprint density at radius 1 is 1.30 bits per heavy atom. The van der Waals surface area contributed by atoms with Crippen molar-refractivity contribution in [3.05, 3.63) is 46.8 Å². The van der Waals surface area contributed by atoms with Gasteiger partial charge >= 0.3 is 5.97 Å². The highest BCUT2D eigenvalue weighted by Crippen LogP contribution is 2.19. The van der Waals surface area contributed by atoms with Crippen molar-refractivity contribution in [2.75, 3.05) is 5.32 Å². The van der Waals surface area contributed by atoms with Crippen LogP contribution in [0.2, 0.25) is 0 Å². The Morgan fingerprint density at radius 2 is 2.00 bits per heavy atom. The minimum Gasteiger partial charge on any atom is -0.478 e. The van der Waals surface area contributed by atoms with Crippen LogP contribution in [0.3, 0.4) is 0 Å². The molecule has 0 aliphatic heterocycles. The molecular formula is C14H15N3O3. The van der Waals surface area contributed by atoms with Crippen molar-refractivity contribution in [1.82, 2.24) is 9.78 Å². The van der Waals surface area contributed by atoms with Crippen molar-refractivity contribution in [2.45, 2.75) is 13.8 Å². The molecule has 0 bridgehead atoms. The molecule has 6 heteroatoms. The smallest absolute Gasteiger partial charge is 0.336 e. The van der Waals surface area contributed by atoms with Crippen molar-refractivity contribution in [2.24, 2.45) is 7.05 Å². The molecule has 1 aromatic carbocycles. The molecule has 1 aromatic heterocycles. The Bertz CT molecular complexity index is 689. The largest absolute Gasteiger partial charge is 0.478 e. The lowest BCUT2D eigenvalue weighted by Crippen LogP contribution is -2.17. The molecule has 2 N–H and O–H groups in total. The van der Waals surface area contributed by atoms with Crippen molar-refractivity contribution in [1.29, 1.82) is 0 Å². The van der Waals surface area contributed by atoms with Gasteiger partial charge in [0.1, 0.15) is 5.69 Å². The lowest BCUT2D eigenvalue weighted by molar-refractivity contribution is 0.0695. The molecule has 6 nitrogen and oxygen atoms in total. The van der Waals surface area contributed by atoms with Gasteiger partial charge in [-0.15, -0.1) is 0 Å². The molecule has 0 saturated heterocycles. The van der Waals surface area contributed by atoms with Gasteiger partial charge in [0.25, 0.3) is 5.91 Å². The van der Waals surface area contributed by atoms with Crippen LogP contribution in [-0.2, 0) is 7.05 Å². The van der Waals surface area contributed by atoms with Crippen molar-refractivity contribution in [3.8, 4) is 0 Å². The van der Waals surface area contributed by atoms with Gasteiger partial charge < -0.3 is 10.4 Å². The lowest BCUT2D eigenvalue weighted by atomic mass is 10.1. The maximum absolute atomic E-state index is 12.2. The highest BCUT2D eigenvalue weighted by atomic mass is 16.4. The van der Waals surface area contributed by atoms with Crippen molar-refractivity contribution < 1.29 is 14.7 Å². The van der Waals surface area contributed by atoms with E-state index in [2.05, 4.69) is 10.4 Å². The van der Waals surface area contributed by atoms with Crippen LogP contribution in [0, 0.1) is 13.8 Å². The number of carboxylic acids is 1. The number of anilines is 1. The van der Waals surface area contributed by atoms with Crippen LogP contribution in [0.25, 0.3) is 0 Å². The molecule has 0 spiro atoms. The number of hydrogen-bond acceptors (Lipinski definition) is 3. The molecule has 0 atom stereocenters. The topological polar surface area (TPSA) is 84.2 Å². The van der Waals surface area contributed by atoms with Gasteiger partial charge in [0.2, 0.25) is 0 Å².